The van der Waals surface area contributed by atoms with Crippen molar-refractivity contribution < 1.29 is 36.8 Å². The summed E-state index contributed by atoms with van der Waals surface area (Å²) in [5.74, 6) is -0.571. The van der Waals surface area contributed by atoms with Gasteiger partial charge >= 0.3 is 21.2 Å². The predicted octanol–water partition coefficient (Wildman–Crippen LogP) is 3.48. The van der Waals surface area contributed by atoms with Gasteiger partial charge in [-0.25, -0.2) is 9.69 Å². The number of carbonyl (C=O) groups is 2. The summed E-state index contributed by atoms with van der Waals surface area (Å²) in [4.78, 5) is 27.9. The van der Waals surface area contributed by atoms with Gasteiger partial charge in [-0.05, 0) is 13.8 Å². The molecule has 3 fully saturated rings. The number of carbonyl (C=O) groups excluding carboxylic acids is 2. The van der Waals surface area contributed by atoms with Crippen molar-refractivity contribution in [2.75, 3.05) is 39.0 Å². The Labute approximate surface area is 171 Å². The lowest BCUT2D eigenvalue weighted by molar-refractivity contribution is -0.131. The van der Waals surface area contributed by atoms with Gasteiger partial charge in [-0.15, -0.1) is 0 Å². The van der Waals surface area contributed by atoms with E-state index in [1.165, 1.54) is 13.8 Å². The van der Waals surface area contributed by atoms with Crippen molar-refractivity contribution in [1.82, 2.24) is 9.80 Å². The molecule has 3 saturated heterocycles. The van der Waals surface area contributed by atoms with Gasteiger partial charge in [0.05, 0.1) is 26.4 Å². The van der Waals surface area contributed by atoms with E-state index >= 15 is 0 Å². The number of nitrogens with zero attached hydrogens (tertiary/aromatic N) is 2. The van der Waals surface area contributed by atoms with Gasteiger partial charge in [-0.1, -0.05) is 27.7 Å². The first-order chi connectivity index (χ1) is 13.1. The Kier molecular flexibility index (Phi) is 5.64. The van der Waals surface area contributed by atoms with Gasteiger partial charge in [0.2, 0.25) is 0 Å². The largest absolute Gasteiger partial charge is 0.350 e. The number of hydrogen-bond acceptors (Lipinski definition) is 8. The van der Waals surface area contributed by atoms with Crippen LogP contribution in [0.15, 0.2) is 0 Å². The fourth-order valence-corrected chi connectivity index (χ4v) is 7.12. The quantitative estimate of drug-likeness (QED) is 0.471. The minimum absolute atomic E-state index is 0.195. The molecule has 3 amide bonds. The Morgan fingerprint density at radius 3 is 1.55 bits per heavy atom. The average Bonchev–Trinajstić information content (AvgIpc) is 2.76. The van der Waals surface area contributed by atoms with Gasteiger partial charge in [0.15, 0.2) is 0 Å². The van der Waals surface area contributed by atoms with E-state index in [2.05, 4.69) is 0 Å². The van der Waals surface area contributed by atoms with Gasteiger partial charge in [-0.2, -0.15) is 0 Å². The van der Waals surface area contributed by atoms with Crippen LogP contribution in [0, 0.1) is 10.8 Å². The number of hydrogen-bond donors (Lipinski definition) is 0. The molecule has 29 heavy (non-hydrogen) atoms. The van der Waals surface area contributed by atoms with Crippen molar-refractivity contribution in [1.29, 1.82) is 0 Å². The van der Waals surface area contributed by atoms with Gasteiger partial charge in [0.25, 0.3) is 5.91 Å². The van der Waals surface area contributed by atoms with E-state index in [4.69, 9.17) is 18.1 Å². The molecule has 3 heterocycles. The standard InChI is InChI=1S/C17H30N2O8P2/c1-15(2)7-24-28(22,25-8-15)11-18-13(20)17(5,6)19(14(18)21)12-29(23)26-9-16(3,4)10-27-29/h7-12H2,1-6H3. The fourth-order valence-electron chi connectivity index (χ4n) is 3.04. The average molecular weight is 452 g/mol. The first-order valence-electron chi connectivity index (χ1n) is 9.48. The summed E-state index contributed by atoms with van der Waals surface area (Å²) in [5.41, 5.74) is -1.90. The number of rotatable bonds is 4. The van der Waals surface area contributed by atoms with Crippen LogP contribution >= 0.6 is 15.2 Å². The molecule has 0 aromatic rings. The van der Waals surface area contributed by atoms with Gasteiger partial charge in [0.1, 0.15) is 18.1 Å². The number of imide groups is 1. The highest BCUT2D eigenvalue weighted by Gasteiger charge is 2.56. The molecule has 3 aliphatic rings. The van der Waals surface area contributed by atoms with E-state index < -0.39 is 39.0 Å². The normalized spacial score (nSPS) is 29.9. The highest BCUT2D eigenvalue weighted by molar-refractivity contribution is 7.54. The second-order valence-electron chi connectivity index (χ2n) is 9.93. The Morgan fingerprint density at radius 2 is 1.14 bits per heavy atom. The second kappa shape index (κ2) is 7.14. The van der Waals surface area contributed by atoms with Crippen LogP contribution in [0.25, 0.3) is 0 Å². The summed E-state index contributed by atoms with van der Waals surface area (Å²) in [6.45, 7) is 11.5. The van der Waals surface area contributed by atoms with Crippen LogP contribution in [0.1, 0.15) is 41.5 Å². The van der Waals surface area contributed by atoms with Crippen molar-refractivity contribution in [3.63, 3.8) is 0 Å². The molecule has 0 bridgehead atoms. The van der Waals surface area contributed by atoms with E-state index in [0.717, 1.165) is 9.80 Å². The molecule has 3 rings (SSSR count). The molecule has 0 aromatic carbocycles. The van der Waals surface area contributed by atoms with Crippen molar-refractivity contribution in [3.05, 3.63) is 0 Å². The molecule has 0 N–H and O–H groups in total. The maximum absolute atomic E-state index is 13.0. The Hall–Kier alpha value is -0.760. The first kappa shape index (κ1) is 22.9. The lowest BCUT2D eigenvalue weighted by Gasteiger charge is -2.37. The van der Waals surface area contributed by atoms with Crippen molar-refractivity contribution >= 4 is 27.1 Å². The van der Waals surface area contributed by atoms with Crippen LogP contribution in [-0.2, 0) is 32.0 Å². The van der Waals surface area contributed by atoms with Crippen molar-refractivity contribution in [2.45, 2.75) is 47.1 Å². The summed E-state index contributed by atoms with van der Waals surface area (Å²) >= 11 is 0. The van der Waals surface area contributed by atoms with Crippen molar-refractivity contribution in [3.8, 4) is 0 Å². The molecule has 10 nitrogen and oxygen atoms in total. The van der Waals surface area contributed by atoms with E-state index in [-0.39, 0.29) is 43.5 Å². The second-order valence-corrected chi connectivity index (χ2v) is 14.0. The molecule has 0 unspecified atom stereocenters. The van der Waals surface area contributed by atoms with Crippen LogP contribution in [0.3, 0.4) is 0 Å². The SMILES string of the molecule is CC1(C)COP(=O)(CN2C(=O)N(CP3(=O)OCC(C)(C)CO3)C(C)(C)C2=O)OC1. The molecule has 12 heteroatoms. The molecule has 0 aromatic heterocycles. The third kappa shape index (κ3) is 4.63. The van der Waals surface area contributed by atoms with Crippen LogP contribution in [0.2, 0.25) is 0 Å². The molecular formula is C17H30N2O8P2. The topological polar surface area (TPSA) is 112 Å². The minimum Gasteiger partial charge on any atom is -0.307 e. The number of amides is 3. The zero-order chi connectivity index (χ0) is 21.9. The maximum atomic E-state index is 13.0. The molecular weight excluding hydrogens is 422 g/mol. The van der Waals surface area contributed by atoms with Gasteiger partial charge in [-0.3, -0.25) is 18.8 Å². The molecule has 0 atom stereocenters. The molecule has 3 aliphatic heterocycles. The van der Waals surface area contributed by atoms with E-state index in [0.29, 0.717) is 0 Å². The lowest BCUT2D eigenvalue weighted by Crippen LogP contribution is -2.45. The number of urea groups is 1. The van der Waals surface area contributed by atoms with Crippen LogP contribution in [0.5, 0.6) is 0 Å². The highest BCUT2D eigenvalue weighted by Crippen LogP contribution is 2.57. The summed E-state index contributed by atoms with van der Waals surface area (Å²) in [7, 11) is -7.25. The molecule has 0 saturated carbocycles. The molecule has 0 radical (unpaired) electrons. The van der Waals surface area contributed by atoms with Gasteiger partial charge in [0, 0.05) is 10.8 Å². The summed E-state index contributed by atoms with van der Waals surface area (Å²) < 4.78 is 47.6. The fraction of sp³-hybridized carbons (Fsp3) is 0.882. The van der Waals surface area contributed by atoms with Crippen molar-refractivity contribution in [2.24, 2.45) is 10.8 Å². The van der Waals surface area contributed by atoms with Crippen LogP contribution in [-0.4, -0.2) is 66.3 Å². The highest BCUT2D eigenvalue weighted by atomic mass is 31.2. The van der Waals surface area contributed by atoms with Crippen LogP contribution in [0.4, 0.5) is 4.79 Å². The summed E-state index contributed by atoms with van der Waals surface area (Å²) in [6, 6.07) is -0.723. The Balaban J connectivity index is 1.74. The molecule has 0 aliphatic carbocycles. The van der Waals surface area contributed by atoms with E-state index in [1.54, 1.807) is 0 Å². The molecule has 166 valence electrons. The Morgan fingerprint density at radius 1 is 0.759 bits per heavy atom. The van der Waals surface area contributed by atoms with E-state index in [9.17, 15) is 18.7 Å². The summed E-state index contributed by atoms with van der Waals surface area (Å²) in [6.07, 6.45) is -0.851. The maximum Gasteiger partial charge on any atom is 0.350 e. The lowest BCUT2D eigenvalue weighted by atomic mass is 9.97. The Bertz CT molecular complexity index is 781. The monoisotopic (exact) mass is 452 g/mol. The third-order valence-electron chi connectivity index (χ3n) is 5.14. The van der Waals surface area contributed by atoms with Crippen LogP contribution < -0.4 is 0 Å². The molecule has 0 spiro atoms. The predicted molar refractivity (Wildman–Crippen MR) is 104 cm³/mol. The van der Waals surface area contributed by atoms with Gasteiger partial charge < -0.3 is 18.1 Å². The van der Waals surface area contributed by atoms with E-state index in [1.807, 2.05) is 27.7 Å². The summed E-state index contributed by atoms with van der Waals surface area (Å²) in [5, 5.41) is 0. The first-order valence-corrected chi connectivity index (χ1v) is 12.9. The smallest absolute Gasteiger partial charge is 0.307 e. The third-order valence-corrected chi connectivity index (χ3v) is 8.49. The zero-order valence-corrected chi connectivity index (χ0v) is 19.6. The zero-order valence-electron chi connectivity index (χ0n) is 17.8. The minimum atomic E-state index is -3.65.